The second-order valence-electron chi connectivity index (χ2n) is 3.91. The summed E-state index contributed by atoms with van der Waals surface area (Å²) in [6, 6.07) is 6.51. The molecule has 0 aliphatic heterocycles. The molecule has 0 bridgehead atoms. The van der Waals surface area contributed by atoms with Crippen molar-refractivity contribution in [3.05, 3.63) is 47.1 Å². The first-order valence-electron chi connectivity index (χ1n) is 5.32. The number of benzene rings is 1. The summed E-state index contributed by atoms with van der Waals surface area (Å²) in [5.41, 5.74) is 1.51. The first kappa shape index (κ1) is 11.2. The number of fused-ring (bicyclic) bond motifs is 1. The molecule has 0 unspecified atom stereocenters. The second-order valence-corrected chi connectivity index (χ2v) is 4.26. The first-order chi connectivity index (χ1) is 8.66. The zero-order chi connectivity index (χ0) is 12.7. The van der Waals surface area contributed by atoms with Gasteiger partial charge in [0.1, 0.15) is 17.2 Å². The number of hydrogen-bond acceptors (Lipinski definition) is 3. The Kier molecular flexibility index (Phi) is 2.52. The Morgan fingerprint density at radius 1 is 1.28 bits per heavy atom. The van der Waals surface area contributed by atoms with Crippen molar-refractivity contribution in [3.63, 3.8) is 0 Å². The summed E-state index contributed by atoms with van der Waals surface area (Å²) in [5, 5.41) is 1.06. The molecule has 0 N–H and O–H groups in total. The molecule has 0 aliphatic carbocycles. The van der Waals surface area contributed by atoms with Gasteiger partial charge in [0.25, 0.3) is 0 Å². The maximum Gasteiger partial charge on any atom is 0.170 e. The fourth-order valence-corrected chi connectivity index (χ4v) is 1.95. The van der Waals surface area contributed by atoms with E-state index in [1.807, 2.05) is 0 Å². The summed E-state index contributed by atoms with van der Waals surface area (Å²) >= 11 is 5.93. The van der Waals surface area contributed by atoms with E-state index in [1.165, 1.54) is 12.4 Å². The summed E-state index contributed by atoms with van der Waals surface area (Å²) < 4.78 is 19.0. The van der Waals surface area contributed by atoms with Gasteiger partial charge in [-0.15, -0.1) is 0 Å². The number of nitrogens with zero attached hydrogens (tertiary/aromatic N) is 2. The van der Waals surface area contributed by atoms with E-state index in [0.717, 1.165) is 0 Å². The van der Waals surface area contributed by atoms with Crippen molar-refractivity contribution in [2.24, 2.45) is 0 Å². The normalized spacial score (nSPS) is 11.1. The predicted molar refractivity (Wildman–Crippen MR) is 66.9 cm³/mol. The number of para-hydroxylation sites is 1. The van der Waals surface area contributed by atoms with Gasteiger partial charge in [0.2, 0.25) is 0 Å². The monoisotopic (exact) mass is 262 g/mol. The molecule has 0 fully saturated rings. The van der Waals surface area contributed by atoms with Crippen molar-refractivity contribution in [3.8, 4) is 11.5 Å². The van der Waals surface area contributed by atoms with Crippen LogP contribution in [-0.2, 0) is 0 Å². The lowest BCUT2D eigenvalue weighted by Gasteiger charge is -2.01. The SMILES string of the molecule is Cc1c(Cl)ncnc1-c1cc2cccc(F)c2o1. The molecule has 0 saturated carbocycles. The first-order valence-corrected chi connectivity index (χ1v) is 5.70. The van der Waals surface area contributed by atoms with Gasteiger partial charge < -0.3 is 4.42 Å². The van der Waals surface area contributed by atoms with Crippen LogP contribution in [0.15, 0.2) is 35.0 Å². The van der Waals surface area contributed by atoms with Crippen LogP contribution in [-0.4, -0.2) is 9.97 Å². The summed E-state index contributed by atoms with van der Waals surface area (Å²) in [7, 11) is 0. The van der Waals surface area contributed by atoms with Gasteiger partial charge >= 0.3 is 0 Å². The highest BCUT2D eigenvalue weighted by atomic mass is 35.5. The van der Waals surface area contributed by atoms with Crippen LogP contribution in [0.4, 0.5) is 4.39 Å². The summed E-state index contributed by atoms with van der Waals surface area (Å²) in [6.07, 6.45) is 1.36. The molecule has 0 radical (unpaired) electrons. The van der Waals surface area contributed by atoms with Crippen molar-refractivity contribution in [2.45, 2.75) is 6.92 Å². The van der Waals surface area contributed by atoms with Crippen LogP contribution in [0.5, 0.6) is 0 Å². The third-order valence-electron chi connectivity index (χ3n) is 2.75. The minimum Gasteiger partial charge on any atom is -0.451 e. The molecular weight excluding hydrogens is 255 g/mol. The minimum absolute atomic E-state index is 0.224. The van der Waals surface area contributed by atoms with Gasteiger partial charge in [-0.3, -0.25) is 0 Å². The molecule has 5 heteroatoms. The fraction of sp³-hybridized carbons (Fsp3) is 0.0769. The Hall–Kier alpha value is -1.94. The molecule has 3 nitrogen and oxygen atoms in total. The molecule has 18 heavy (non-hydrogen) atoms. The van der Waals surface area contributed by atoms with Gasteiger partial charge in [-0.05, 0) is 19.1 Å². The Bertz CT molecular complexity index is 739. The molecule has 90 valence electrons. The van der Waals surface area contributed by atoms with Crippen LogP contribution in [0, 0.1) is 12.7 Å². The highest BCUT2D eigenvalue weighted by Gasteiger charge is 2.14. The van der Waals surface area contributed by atoms with Crippen molar-refractivity contribution in [1.82, 2.24) is 9.97 Å². The second kappa shape index (κ2) is 4.07. The summed E-state index contributed by atoms with van der Waals surface area (Å²) in [4.78, 5) is 8.00. The van der Waals surface area contributed by atoms with E-state index >= 15 is 0 Å². The van der Waals surface area contributed by atoms with Gasteiger partial charge in [-0.2, -0.15) is 0 Å². The molecule has 0 atom stereocenters. The van der Waals surface area contributed by atoms with Crippen LogP contribution < -0.4 is 0 Å². The number of hydrogen-bond donors (Lipinski definition) is 0. The molecular formula is C13H8ClFN2O. The van der Waals surface area contributed by atoms with Gasteiger partial charge in [-0.1, -0.05) is 23.7 Å². The summed E-state index contributed by atoms with van der Waals surface area (Å²) in [6.45, 7) is 1.79. The minimum atomic E-state index is -0.392. The van der Waals surface area contributed by atoms with Crippen LogP contribution in [0.25, 0.3) is 22.4 Å². The quantitative estimate of drug-likeness (QED) is 0.623. The van der Waals surface area contributed by atoms with Gasteiger partial charge in [0.05, 0.1) is 0 Å². The highest BCUT2D eigenvalue weighted by molar-refractivity contribution is 6.30. The molecule has 2 aromatic heterocycles. The largest absolute Gasteiger partial charge is 0.451 e. The predicted octanol–water partition coefficient (Wildman–Crippen LogP) is 3.99. The number of furan rings is 1. The van der Waals surface area contributed by atoms with Crippen molar-refractivity contribution < 1.29 is 8.81 Å². The van der Waals surface area contributed by atoms with Crippen LogP contribution >= 0.6 is 11.6 Å². The third-order valence-corrected chi connectivity index (χ3v) is 3.13. The topological polar surface area (TPSA) is 38.9 Å². The Labute approximate surface area is 107 Å². The maximum absolute atomic E-state index is 13.5. The van der Waals surface area contributed by atoms with E-state index in [1.54, 1.807) is 25.1 Å². The standard InChI is InChI=1S/C13H8ClFN2O/c1-7-11(16-6-17-13(7)14)10-5-8-3-2-4-9(15)12(8)18-10/h2-6H,1H3. The Balaban J connectivity index is 2.26. The molecule has 0 amide bonds. The van der Waals surface area contributed by atoms with Gasteiger partial charge in [-0.25, -0.2) is 14.4 Å². The smallest absolute Gasteiger partial charge is 0.170 e. The summed E-state index contributed by atoms with van der Waals surface area (Å²) in [5.74, 6) is 0.0912. The lowest BCUT2D eigenvalue weighted by Crippen LogP contribution is -1.90. The van der Waals surface area contributed by atoms with Crippen LogP contribution in [0.2, 0.25) is 5.15 Å². The third kappa shape index (κ3) is 1.66. The molecule has 1 aromatic carbocycles. The van der Waals surface area contributed by atoms with E-state index in [-0.39, 0.29) is 5.58 Å². The van der Waals surface area contributed by atoms with Crippen molar-refractivity contribution in [2.75, 3.05) is 0 Å². The lowest BCUT2D eigenvalue weighted by molar-refractivity contribution is 0.567. The number of rotatable bonds is 1. The average molecular weight is 263 g/mol. The maximum atomic E-state index is 13.5. The molecule has 3 rings (SSSR count). The zero-order valence-corrected chi connectivity index (χ0v) is 10.2. The van der Waals surface area contributed by atoms with E-state index in [2.05, 4.69) is 9.97 Å². The van der Waals surface area contributed by atoms with E-state index in [9.17, 15) is 4.39 Å². The Morgan fingerprint density at radius 2 is 2.11 bits per heavy atom. The van der Waals surface area contributed by atoms with Crippen LogP contribution in [0.1, 0.15) is 5.56 Å². The molecule has 2 heterocycles. The van der Waals surface area contributed by atoms with Crippen LogP contribution in [0.3, 0.4) is 0 Å². The number of aromatic nitrogens is 2. The lowest BCUT2D eigenvalue weighted by atomic mass is 10.2. The van der Waals surface area contributed by atoms with E-state index < -0.39 is 5.82 Å². The van der Waals surface area contributed by atoms with Gasteiger partial charge in [0, 0.05) is 10.9 Å². The van der Waals surface area contributed by atoms with E-state index in [0.29, 0.717) is 27.6 Å². The van der Waals surface area contributed by atoms with Crippen molar-refractivity contribution in [1.29, 1.82) is 0 Å². The van der Waals surface area contributed by atoms with E-state index in [4.69, 9.17) is 16.0 Å². The Morgan fingerprint density at radius 3 is 2.89 bits per heavy atom. The fourth-order valence-electron chi connectivity index (χ4n) is 1.82. The molecule has 0 aliphatic rings. The average Bonchev–Trinajstić information content (AvgIpc) is 2.78. The molecule has 0 spiro atoms. The van der Waals surface area contributed by atoms with Crippen molar-refractivity contribution >= 4 is 22.6 Å². The highest BCUT2D eigenvalue weighted by Crippen LogP contribution is 2.31. The number of halogens is 2. The molecule has 3 aromatic rings. The zero-order valence-electron chi connectivity index (χ0n) is 9.45. The van der Waals surface area contributed by atoms with Gasteiger partial charge in [0.15, 0.2) is 17.2 Å². The molecule has 0 saturated heterocycles.